The summed E-state index contributed by atoms with van der Waals surface area (Å²) >= 11 is 12.3. The molecule has 0 saturated carbocycles. The van der Waals surface area contributed by atoms with Crippen LogP contribution in [0.3, 0.4) is 0 Å². The standard InChI is InChI=1S/C12H14Cl2N2OS/c1-8(13)12-15-11-9(14)4-3-5-10(11)16(12)6-7-18(2)17/h3-5,8H,6-7H2,1-2H3. The molecular weight excluding hydrogens is 291 g/mol. The molecule has 1 aromatic heterocycles. The van der Waals surface area contributed by atoms with E-state index in [-0.39, 0.29) is 5.38 Å². The first-order valence-corrected chi connectivity index (χ1v) is 8.13. The van der Waals surface area contributed by atoms with E-state index >= 15 is 0 Å². The lowest BCUT2D eigenvalue weighted by atomic mass is 10.3. The molecule has 0 radical (unpaired) electrons. The molecule has 98 valence electrons. The van der Waals surface area contributed by atoms with Gasteiger partial charge in [0.15, 0.2) is 0 Å². The molecule has 0 aliphatic heterocycles. The molecule has 18 heavy (non-hydrogen) atoms. The van der Waals surface area contributed by atoms with E-state index in [0.717, 1.165) is 16.9 Å². The molecular formula is C12H14Cl2N2OS. The van der Waals surface area contributed by atoms with E-state index in [0.29, 0.717) is 17.3 Å². The molecule has 0 aliphatic carbocycles. The maximum atomic E-state index is 11.2. The number of alkyl halides is 1. The van der Waals surface area contributed by atoms with Crippen molar-refractivity contribution in [2.45, 2.75) is 18.8 Å². The second-order valence-corrected chi connectivity index (χ2v) is 6.74. The Morgan fingerprint density at radius 2 is 2.22 bits per heavy atom. The van der Waals surface area contributed by atoms with Gasteiger partial charge in [-0.25, -0.2) is 4.98 Å². The zero-order valence-electron chi connectivity index (χ0n) is 10.2. The Morgan fingerprint density at radius 1 is 1.50 bits per heavy atom. The van der Waals surface area contributed by atoms with Crippen LogP contribution in [0.4, 0.5) is 0 Å². The van der Waals surface area contributed by atoms with Gasteiger partial charge in [-0.3, -0.25) is 4.21 Å². The Hall–Kier alpha value is -0.580. The Balaban J connectivity index is 2.55. The number of imidazole rings is 1. The monoisotopic (exact) mass is 304 g/mol. The molecule has 6 heteroatoms. The van der Waals surface area contributed by atoms with Crippen LogP contribution >= 0.6 is 23.2 Å². The minimum Gasteiger partial charge on any atom is -0.326 e. The summed E-state index contributed by atoms with van der Waals surface area (Å²) in [6.45, 7) is 2.50. The van der Waals surface area contributed by atoms with Crippen molar-refractivity contribution in [3.8, 4) is 0 Å². The third-order valence-corrected chi connectivity index (χ3v) is 3.97. The van der Waals surface area contributed by atoms with Crippen LogP contribution in [0.5, 0.6) is 0 Å². The quantitative estimate of drug-likeness (QED) is 0.812. The van der Waals surface area contributed by atoms with Gasteiger partial charge < -0.3 is 4.57 Å². The molecule has 2 rings (SSSR count). The van der Waals surface area contributed by atoms with Crippen molar-refractivity contribution < 1.29 is 4.21 Å². The molecule has 0 aliphatic rings. The van der Waals surface area contributed by atoms with Gasteiger partial charge in [-0.05, 0) is 19.1 Å². The average molecular weight is 305 g/mol. The number of hydrogen-bond acceptors (Lipinski definition) is 2. The molecule has 0 fully saturated rings. The zero-order chi connectivity index (χ0) is 13.3. The van der Waals surface area contributed by atoms with Crippen molar-refractivity contribution in [1.82, 2.24) is 9.55 Å². The number of fused-ring (bicyclic) bond motifs is 1. The number of halogens is 2. The van der Waals surface area contributed by atoms with Crippen LogP contribution < -0.4 is 0 Å². The van der Waals surface area contributed by atoms with Gasteiger partial charge in [0.05, 0.1) is 15.9 Å². The maximum Gasteiger partial charge on any atom is 0.127 e. The predicted octanol–water partition coefficient (Wildman–Crippen LogP) is 3.37. The summed E-state index contributed by atoms with van der Waals surface area (Å²) in [6.07, 6.45) is 1.69. The van der Waals surface area contributed by atoms with Gasteiger partial charge in [0, 0.05) is 29.4 Å². The molecule has 2 aromatic rings. The van der Waals surface area contributed by atoms with Crippen molar-refractivity contribution in [3.05, 3.63) is 29.0 Å². The third-order valence-electron chi connectivity index (χ3n) is 2.72. The number of rotatable bonds is 4. The van der Waals surface area contributed by atoms with Crippen LogP contribution in [-0.2, 0) is 17.3 Å². The van der Waals surface area contributed by atoms with E-state index in [9.17, 15) is 4.21 Å². The van der Waals surface area contributed by atoms with Gasteiger partial charge in [-0.2, -0.15) is 0 Å². The number of benzene rings is 1. The highest BCUT2D eigenvalue weighted by molar-refractivity contribution is 7.84. The molecule has 0 bridgehead atoms. The van der Waals surface area contributed by atoms with Crippen LogP contribution in [0.2, 0.25) is 5.02 Å². The van der Waals surface area contributed by atoms with Crippen LogP contribution in [0.1, 0.15) is 18.1 Å². The number of aryl methyl sites for hydroxylation is 1. The summed E-state index contributed by atoms with van der Waals surface area (Å²) in [6, 6.07) is 5.64. The van der Waals surface area contributed by atoms with Crippen molar-refractivity contribution in [1.29, 1.82) is 0 Å². The molecule has 3 nitrogen and oxygen atoms in total. The molecule has 0 N–H and O–H groups in total. The second-order valence-electron chi connectivity index (χ2n) is 4.12. The van der Waals surface area contributed by atoms with Crippen LogP contribution in [0, 0.1) is 0 Å². The van der Waals surface area contributed by atoms with E-state index in [4.69, 9.17) is 23.2 Å². The minimum atomic E-state index is -0.845. The summed E-state index contributed by atoms with van der Waals surface area (Å²) in [4.78, 5) is 4.49. The SMILES string of the molecule is CC(Cl)c1nc2c(Cl)cccc2n1CCS(C)=O. The van der Waals surface area contributed by atoms with Gasteiger partial charge in [0.2, 0.25) is 0 Å². The van der Waals surface area contributed by atoms with E-state index in [2.05, 4.69) is 4.98 Å². The van der Waals surface area contributed by atoms with Crippen molar-refractivity contribution in [3.63, 3.8) is 0 Å². The number of hydrogen-bond donors (Lipinski definition) is 0. The van der Waals surface area contributed by atoms with E-state index in [1.54, 1.807) is 6.26 Å². The third kappa shape index (κ3) is 2.71. The average Bonchev–Trinajstić information content (AvgIpc) is 2.66. The lowest BCUT2D eigenvalue weighted by Gasteiger charge is -2.09. The largest absolute Gasteiger partial charge is 0.326 e. The van der Waals surface area contributed by atoms with Gasteiger partial charge in [-0.1, -0.05) is 17.7 Å². The van der Waals surface area contributed by atoms with E-state index < -0.39 is 10.8 Å². The summed E-state index contributed by atoms with van der Waals surface area (Å²) < 4.78 is 13.2. The van der Waals surface area contributed by atoms with E-state index in [1.807, 2.05) is 29.7 Å². The highest BCUT2D eigenvalue weighted by atomic mass is 35.5. The van der Waals surface area contributed by atoms with Gasteiger partial charge in [0.25, 0.3) is 0 Å². The molecule has 0 spiro atoms. The van der Waals surface area contributed by atoms with Crippen molar-refractivity contribution >= 4 is 45.0 Å². The smallest absolute Gasteiger partial charge is 0.127 e. The van der Waals surface area contributed by atoms with Crippen molar-refractivity contribution in [2.24, 2.45) is 0 Å². The first-order valence-electron chi connectivity index (χ1n) is 5.59. The fourth-order valence-electron chi connectivity index (χ4n) is 1.89. The summed E-state index contributed by atoms with van der Waals surface area (Å²) in [7, 11) is -0.845. The fourth-order valence-corrected chi connectivity index (χ4v) is 2.71. The summed E-state index contributed by atoms with van der Waals surface area (Å²) in [5.41, 5.74) is 1.69. The summed E-state index contributed by atoms with van der Waals surface area (Å²) in [5, 5.41) is 0.404. The minimum absolute atomic E-state index is 0.209. The first-order chi connectivity index (χ1) is 8.50. The highest BCUT2D eigenvalue weighted by Crippen LogP contribution is 2.28. The normalized spacial score (nSPS) is 14.9. The fraction of sp³-hybridized carbons (Fsp3) is 0.417. The lowest BCUT2D eigenvalue weighted by molar-refractivity contribution is 0.672. The van der Waals surface area contributed by atoms with Crippen LogP contribution in [0.15, 0.2) is 18.2 Å². The molecule has 1 heterocycles. The maximum absolute atomic E-state index is 11.2. The highest BCUT2D eigenvalue weighted by Gasteiger charge is 2.16. The van der Waals surface area contributed by atoms with Gasteiger partial charge >= 0.3 is 0 Å². The van der Waals surface area contributed by atoms with E-state index in [1.165, 1.54) is 0 Å². The number of nitrogens with zero attached hydrogens (tertiary/aromatic N) is 2. The molecule has 1 aromatic carbocycles. The van der Waals surface area contributed by atoms with Crippen LogP contribution in [0.25, 0.3) is 11.0 Å². The van der Waals surface area contributed by atoms with Gasteiger partial charge in [-0.15, -0.1) is 11.6 Å². The van der Waals surface area contributed by atoms with Crippen LogP contribution in [-0.4, -0.2) is 25.8 Å². The topological polar surface area (TPSA) is 34.9 Å². The molecule has 2 atom stereocenters. The number of para-hydroxylation sites is 1. The number of aromatic nitrogens is 2. The molecule has 2 unspecified atom stereocenters. The Bertz CT molecular complexity index is 595. The first kappa shape index (κ1) is 13.8. The van der Waals surface area contributed by atoms with Crippen molar-refractivity contribution in [2.75, 3.05) is 12.0 Å². The Labute approximate surface area is 119 Å². The second kappa shape index (κ2) is 5.59. The Morgan fingerprint density at radius 3 is 2.83 bits per heavy atom. The zero-order valence-corrected chi connectivity index (χ0v) is 12.5. The molecule has 0 amide bonds. The predicted molar refractivity (Wildman–Crippen MR) is 77.9 cm³/mol. The lowest BCUT2D eigenvalue weighted by Crippen LogP contribution is -2.10. The Kier molecular flexibility index (Phi) is 4.30. The van der Waals surface area contributed by atoms with Gasteiger partial charge in [0.1, 0.15) is 11.3 Å². The molecule has 0 saturated heterocycles. The summed E-state index contributed by atoms with van der Waals surface area (Å²) in [5.74, 6) is 1.35.